The minimum atomic E-state index is -0.316. The van der Waals surface area contributed by atoms with Crippen molar-refractivity contribution in [2.45, 2.75) is 26.3 Å². The average molecular weight is 400 g/mol. The molecule has 0 unspecified atom stereocenters. The lowest BCUT2D eigenvalue weighted by Gasteiger charge is -2.14. The Bertz CT molecular complexity index is 971. The molecule has 0 bridgehead atoms. The fraction of sp³-hybridized carbons (Fsp3) is 0.250. The highest BCUT2D eigenvalue weighted by atomic mass is 35.5. The number of nitrogens with one attached hydrogen (secondary N) is 2. The van der Waals surface area contributed by atoms with Crippen molar-refractivity contribution in [2.24, 2.45) is 0 Å². The van der Waals surface area contributed by atoms with Crippen LogP contribution in [0.1, 0.15) is 31.0 Å². The summed E-state index contributed by atoms with van der Waals surface area (Å²) in [6, 6.07) is 10.7. The van der Waals surface area contributed by atoms with Crippen LogP contribution in [0.5, 0.6) is 5.88 Å². The van der Waals surface area contributed by atoms with Gasteiger partial charge in [-0.3, -0.25) is 0 Å². The van der Waals surface area contributed by atoms with Gasteiger partial charge >= 0.3 is 6.03 Å². The molecule has 0 aliphatic rings. The van der Waals surface area contributed by atoms with Crippen molar-refractivity contribution in [1.29, 1.82) is 0 Å². The van der Waals surface area contributed by atoms with Crippen molar-refractivity contribution >= 4 is 23.3 Å². The lowest BCUT2D eigenvalue weighted by atomic mass is 10.1. The van der Waals surface area contributed by atoms with Crippen LogP contribution in [0.25, 0.3) is 5.69 Å². The number of hydrogen-bond acceptors (Lipinski definition) is 4. The number of aromatic nitrogens is 3. The maximum atomic E-state index is 12.4. The van der Waals surface area contributed by atoms with Crippen LogP contribution in [0.4, 0.5) is 10.5 Å². The van der Waals surface area contributed by atoms with Gasteiger partial charge in [-0.25, -0.2) is 14.5 Å². The fourth-order valence-corrected chi connectivity index (χ4v) is 3.03. The molecule has 7 nitrogen and oxygen atoms in total. The third-order valence-corrected chi connectivity index (χ3v) is 4.35. The van der Waals surface area contributed by atoms with Crippen LogP contribution in [0.2, 0.25) is 5.02 Å². The van der Waals surface area contributed by atoms with E-state index in [2.05, 4.69) is 20.7 Å². The van der Waals surface area contributed by atoms with Crippen molar-refractivity contribution in [3.8, 4) is 11.6 Å². The van der Waals surface area contributed by atoms with E-state index in [4.69, 9.17) is 16.3 Å². The predicted molar refractivity (Wildman–Crippen MR) is 109 cm³/mol. The zero-order valence-electron chi connectivity index (χ0n) is 15.9. The highest BCUT2D eigenvalue weighted by Crippen LogP contribution is 2.27. The summed E-state index contributed by atoms with van der Waals surface area (Å²) in [6.45, 7) is 4.44. The van der Waals surface area contributed by atoms with Crippen LogP contribution >= 0.6 is 11.6 Å². The number of anilines is 1. The largest absolute Gasteiger partial charge is 0.481 e. The van der Waals surface area contributed by atoms with Crippen molar-refractivity contribution in [1.82, 2.24) is 20.1 Å². The van der Waals surface area contributed by atoms with Gasteiger partial charge in [0, 0.05) is 23.8 Å². The highest BCUT2D eigenvalue weighted by molar-refractivity contribution is 6.30. The second-order valence-electron chi connectivity index (χ2n) is 6.50. The minimum absolute atomic E-state index is 0.140. The minimum Gasteiger partial charge on any atom is -0.481 e. The molecule has 0 atom stereocenters. The Morgan fingerprint density at radius 1 is 1.29 bits per heavy atom. The number of pyridine rings is 1. The van der Waals surface area contributed by atoms with Gasteiger partial charge in [0.25, 0.3) is 0 Å². The normalized spacial score (nSPS) is 10.8. The van der Waals surface area contributed by atoms with E-state index in [-0.39, 0.29) is 11.9 Å². The fourth-order valence-electron chi connectivity index (χ4n) is 2.84. The van der Waals surface area contributed by atoms with Gasteiger partial charge in [0.15, 0.2) is 0 Å². The highest BCUT2D eigenvalue weighted by Gasteiger charge is 2.17. The molecule has 8 heteroatoms. The van der Waals surface area contributed by atoms with Crippen LogP contribution in [0.3, 0.4) is 0 Å². The third kappa shape index (κ3) is 4.61. The molecule has 2 heterocycles. The maximum absolute atomic E-state index is 12.4. The first-order chi connectivity index (χ1) is 13.5. The Labute approximate surface area is 168 Å². The number of hydrogen-bond donors (Lipinski definition) is 2. The summed E-state index contributed by atoms with van der Waals surface area (Å²) in [5.41, 5.74) is 3.28. The summed E-state index contributed by atoms with van der Waals surface area (Å²) in [5.74, 6) is 0.644. The van der Waals surface area contributed by atoms with Crippen LogP contribution in [-0.4, -0.2) is 27.9 Å². The topological polar surface area (TPSA) is 81.1 Å². The Morgan fingerprint density at radius 2 is 2.11 bits per heavy atom. The van der Waals surface area contributed by atoms with Crippen molar-refractivity contribution in [3.05, 3.63) is 65.1 Å². The first-order valence-electron chi connectivity index (χ1n) is 8.85. The molecule has 0 radical (unpaired) electrons. The van der Waals surface area contributed by atoms with Gasteiger partial charge < -0.3 is 15.4 Å². The number of carbonyl (C=O) groups is 1. The Hall–Kier alpha value is -3.06. The number of carbonyl (C=O) groups excluding carboxylic acids is 1. The van der Waals surface area contributed by atoms with Crippen molar-refractivity contribution in [2.75, 3.05) is 12.4 Å². The molecule has 2 aromatic heterocycles. The second kappa shape index (κ2) is 8.75. The molecule has 0 aliphatic heterocycles. The Morgan fingerprint density at radius 3 is 2.82 bits per heavy atom. The molecule has 2 amide bonds. The molecule has 0 spiro atoms. The summed E-state index contributed by atoms with van der Waals surface area (Å²) in [7, 11) is 1.55. The standard InChI is InChI=1S/C20H22ClN5O2/c1-13(2)19-17(12-24-26(19)16-6-4-5-15(21)10-16)25-20(27)23-11-14-7-8-22-18(9-14)28-3/h4-10,12-13H,11H2,1-3H3,(H2,23,25,27). The maximum Gasteiger partial charge on any atom is 0.319 e. The van der Waals surface area contributed by atoms with Crippen LogP contribution in [-0.2, 0) is 6.54 Å². The number of rotatable bonds is 6. The van der Waals surface area contributed by atoms with Gasteiger partial charge in [-0.05, 0) is 35.7 Å². The number of halogens is 1. The number of ether oxygens (including phenoxy) is 1. The molecule has 3 aromatic rings. The Kier molecular flexibility index (Phi) is 6.16. The molecule has 2 N–H and O–H groups in total. The van der Waals surface area contributed by atoms with Gasteiger partial charge in [0.2, 0.25) is 5.88 Å². The first-order valence-corrected chi connectivity index (χ1v) is 9.23. The van der Waals surface area contributed by atoms with Gasteiger partial charge in [-0.2, -0.15) is 5.10 Å². The van der Waals surface area contributed by atoms with E-state index in [0.717, 1.165) is 16.9 Å². The van der Waals surface area contributed by atoms with Crippen LogP contribution in [0, 0.1) is 0 Å². The van der Waals surface area contributed by atoms with Gasteiger partial charge in [0.05, 0.1) is 30.4 Å². The number of benzene rings is 1. The van der Waals surface area contributed by atoms with E-state index in [1.54, 1.807) is 30.3 Å². The van der Waals surface area contributed by atoms with E-state index in [1.165, 1.54) is 0 Å². The number of urea groups is 1. The molecule has 28 heavy (non-hydrogen) atoms. The van der Waals surface area contributed by atoms with Gasteiger partial charge in [0.1, 0.15) is 0 Å². The smallest absolute Gasteiger partial charge is 0.319 e. The van der Waals surface area contributed by atoms with Gasteiger partial charge in [-0.15, -0.1) is 0 Å². The zero-order chi connectivity index (χ0) is 20.1. The van der Waals surface area contributed by atoms with E-state index in [9.17, 15) is 4.79 Å². The van der Waals surface area contributed by atoms with Crippen molar-refractivity contribution in [3.63, 3.8) is 0 Å². The monoisotopic (exact) mass is 399 g/mol. The molecule has 146 valence electrons. The number of methoxy groups -OCH3 is 1. The lowest BCUT2D eigenvalue weighted by Crippen LogP contribution is -2.28. The molecule has 1 aromatic carbocycles. The summed E-state index contributed by atoms with van der Waals surface area (Å²) >= 11 is 6.10. The van der Waals surface area contributed by atoms with E-state index in [0.29, 0.717) is 23.1 Å². The molecule has 3 rings (SSSR count). The summed E-state index contributed by atoms with van der Waals surface area (Å²) in [4.78, 5) is 16.4. The quantitative estimate of drug-likeness (QED) is 0.644. The van der Waals surface area contributed by atoms with E-state index < -0.39 is 0 Å². The molecule has 0 saturated heterocycles. The average Bonchev–Trinajstić information content (AvgIpc) is 3.10. The van der Waals surface area contributed by atoms with Crippen molar-refractivity contribution < 1.29 is 9.53 Å². The summed E-state index contributed by atoms with van der Waals surface area (Å²) in [6.07, 6.45) is 3.28. The van der Waals surface area contributed by atoms with Gasteiger partial charge in [-0.1, -0.05) is 31.5 Å². The first kappa shape index (κ1) is 19.7. The lowest BCUT2D eigenvalue weighted by molar-refractivity contribution is 0.251. The molecular weight excluding hydrogens is 378 g/mol. The third-order valence-electron chi connectivity index (χ3n) is 4.12. The van der Waals surface area contributed by atoms with E-state index >= 15 is 0 Å². The van der Waals surface area contributed by atoms with Crippen LogP contribution in [0.15, 0.2) is 48.8 Å². The Balaban J connectivity index is 1.73. The zero-order valence-corrected chi connectivity index (χ0v) is 16.7. The SMILES string of the molecule is COc1cc(CNC(=O)Nc2cnn(-c3cccc(Cl)c3)c2C(C)C)ccn1. The molecule has 0 aliphatic carbocycles. The number of nitrogens with zero attached hydrogens (tertiary/aromatic N) is 3. The molecule has 0 fully saturated rings. The number of amides is 2. The summed E-state index contributed by atoms with van der Waals surface area (Å²) < 4.78 is 6.88. The molecule has 0 saturated carbocycles. The summed E-state index contributed by atoms with van der Waals surface area (Å²) in [5, 5.41) is 10.8. The predicted octanol–water partition coefficient (Wildman–Crippen LogP) is 4.37. The molecular formula is C20H22ClN5O2. The van der Waals surface area contributed by atoms with Crippen LogP contribution < -0.4 is 15.4 Å². The second-order valence-corrected chi connectivity index (χ2v) is 6.94. The van der Waals surface area contributed by atoms with E-state index in [1.807, 2.05) is 44.2 Å².